The van der Waals surface area contributed by atoms with Crippen molar-refractivity contribution in [1.29, 1.82) is 0 Å². The normalized spacial score (nSPS) is 10.1. The first-order chi connectivity index (χ1) is 11.0. The highest BCUT2D eigenvalue weighted by molar-refractivity contribution is 9.10. The fourth-order valence-corrected chi connectivity index (χ4v) is 2.29. The second-order valence-electron chi connectivity index (χ2n) is 4.71. The van der Waals surface area contributed by atoms with Gasteiger partial charge in [0.2, 0.25) is 5.75 Å². The van der Waals surface area contributed by atoms with E-state index in [9.17, 15) is 4.79 Å². The molecule has 0 aromatic heterocycles. The predicted octanol–water partition coefficient (Wildman–Crippen LogP) is 4.00. The minimum Gasteiger partial charge on any atom is -0.493 e. The number of ether oxygens (including phenoxy) is 4. The lowest BCUT2D eigenvalue weighted by molar-refractivity contribution is 0.0734. The van der Waals surface area contributed by atoms with Crippen LogP contribution >= 0.6 is 15.9 Å². The first-order valence-electron chi connectivity index (χ1n) is 6.78. The van der Waals surface area contributed by atoms with Crippen LogP contribution in [0.1, 0.15) is 15.9 Å². The Labute approximate surface area is 143 Å². The largest absolute Gasteiger partial charge is 0.493 e. The third-order valence-electron chi connectivity index (χ3n) is 3.24. The Balaban J connectivity index is 2.33. The molecule has 0 aliphatic heterocycles. The van der Waals surface area contributed by atoms with Gasteiger partial charge < -0.3 is 18.9 Å². The smallest absolute Gasteiger partial charge is 0.343 e. The molecular formula is C17H17BrO5. The number of halogens is 1. The van der Waals surface area contributed by atoms with Crippen molar-refractivity contribution in [2.24, 2.45) is 0 Å². The summed E-state index contributed by atoms with van der Waals surface area (Å²) in [6.07, 6.45) is 0. The minimum atomic E-state index is -0.508. The number of hydrogen-bond donors (Lipinski definition) is 0. The molecule has 0 fully saturated rings. The quantitative estimate of drug-likeness (QED) is 0.579. The van der Waals surface area contributed by atoms with Crippen LogP contribution in [0.2, 0.25) is 0 Å². The number of hydrogen-bond acceptors (Lipinski definition) is 5. The summed E-state index contributed by atoms with van der Waals surface area (Å²) in [7, 11) is 4.48. The maximum Gasteiger partial charge on any atom is 0.343 e. The van der Waals surface area contributed by atoms with Gasteiger partial charge in [-0.05, 0) is 42.8 Å². The van der Waals surface area contributed by atoms with Crippen molar-refractivity contribution in [2.45, 2.75) is 6.92 Å². The van der Waals surface area contributed by atoms with Crippen LogP contribution in [0.4, 0.5) is 0 Å². The first-order valence-corrected chi connectivity index (χ1v) is 7.57. The van der Waals surface area contributed by atoms with Crippen molar-refractivity contribution in [2.75, 3.05) is 21.3 Å². The maximum absolute atomic E-state index is 12.4. The van der Waals surface area contributed by atoms with E-state index in [0.717, 1.165) is 10.0 Å². The van der Waals surface area contributed by atoms with Gasteiger partial charge in [0.05, 0.1) is 26.9 Å². The summed E-state index contributed by atoms with van der Waals surface area (Å²) >= 11 is 3.41. The second kappa shape index (κ2) is 7.37. The SMILES string of the molecule is COc1cc(C(=O)Oc2ccc(Br)c(C)c2)cc(OC)c1OC. The van der Waals surface area contributed by atoms with E-state index >= 15 is 0 Å². The van der Waals surface area contributed by atoms with Gasteiger partial charge in [0.1, 0.15) is 5.75 Å². The van der Waals surface area contributed by atoms with Gasteiger partial charge in [-0.25, -0.2) is 4.79 Å². The van der Waals surface area contributed by atoms with Gasteiger partial charge in [0.25, 0.3) is 0 Å². The molecule has 0 radical (unpaired) electrons. The maximum atomic E-state index is 12.4. The van der Waals surface area contributed by atoms with Gasteiger partial charge in [-0.3, -0.25) is 0 Å². The van der Waals surface area contributed by atoms with Crippen LogP contribution < -0.4 is 18.9 Å². The van der Waals surface area contributed by atoms with Crippen molar-refractivity contribution in [3.8, 4) is 23.0 Å². The molecule has 2 rings (SSSR count). The zero-order chi connectivity index (χ0) is 17.0. The van der Waals surface area contributed by atoms with Crippen LogP contribution in [0, 0.1) is 6.92 Å². The lowest BCUT2D eigenvalue weighted by atomic mass is 10.2. The highest BCUT2D eigenvalue weighted by atomic mass is 79.9. The summed E-state index contributed by atoms with van der Waals surface area (Å²) in [5.41, 5.74) is 1.28. The van der Waals surface area contributed by atoms with E-state index in [1.165, 1.54) is 21.3 Å². The molecule has 0 heterocycles. The van der Waals surface area contributed by atoms with Gasteiger partial charge in [0, 0.05) is 4.47 Å². The standard InChI is InChI=1S/C17H17BrO5/c1-10-7-12(5-6-13(10)18)23-17(19)11-8-14(20-2)16(22-4)15(9-11)21-3/h5-9H,1-4H3. The summed E-state index contributed by atoms with van der Waals surface area (Å²) in [5.74, 6) is 1.16. The van der Waals surface area contributed by atoms with Crippen LogP contribution in [0.5, 0.6) is 23.0 Å². The molecule has 2 aromatic carbocycles. The fourth-order valence-electron chi connectivity index (χ4n) is 2.05. The monoisotopic (exact) mass is 380 g/mol. The van der Waals surface area contributed by atoms with Crippen LogP contribution in [-0.2, 0) is 0 Å². The predicted molar refractivity (Wildman–Crippen MR) is 89.9 cm³/mol. The molecule has 122 valence electrons. The van der Waals surface area contributed by atoms with E-state index in [4.69, 9.17) is 18.9 Å². The Morgan fingerprint density at radius 3 is 2.04 bits per heavy atom. The lowest BCUT2D eigenvalue weighted by Gasteiger charge is -2.14. The molecule has 0 saturated heterocycles. The Kier molecular flexibility index (Phi) is 5.50. The Morgan fingerprint density at radius 1 is 0.957 bits per heavy atom. The summed E-state index contributed by atoms with van der Waals surface area (Å²) in [4.78, 5) is 12.4. The average Bonchev–Trinajstić information content (AvgIpc) is 2.56. The number of rotatable bonds is 5. The van der Waals surface area contributed by atoms with Gasteiger partial charge in [-0.1, -0.05) is 15.9 Å². The van der Waals surface area contributed by atoms with Crippen molar-refractivity contribution >= 4 is 21.9 Å². The fraction of sp³-hybridized carbons (Fsp3) is 0.235. The highest BCUT2D eigenvalue weighted by Crippen LogP contribution is 2.38. The van der Waals surface area contributed by atoms with Crippen molar-refractivity contribution in [3.05, 3.63) is 45.9 Å². The molecule has 0 saturated carbocycles. The number of benzene rings is 2. The minimum absolute atomic E-state index is 0.306. The molecule has 2 aromatic rings. The van der Waals surface area contributed by atoms with Crippen LogP contribution in [0.3, 0.4) is 0 Å². The topological polar surface area (TPSA) is 54.0 Å². The molecule has 0 aliphatic rings. The molecule has 0 aliphatic carbocycles. The number of carbonyl (C=O) groups is 1. The molecular weight excluding hydrogens is 364 g/mol. The molecule has 0 amide bonds. The van der Waals surface area contributed by atoms with Gasteiger partial charge >= 0.3 is 5.97 Å². The van der Waals surface area contributed by atoms with Crippen molar-refractivity contribution < 1.29 is 23.7 Å². The molecule has 0 unspecified atom stereocenters. The highest BCUT2D eigenvalue weighted by Gasteiger charge is 2.18. The van der Waals surface area contributed by atoms with E-state index in [1.54, 1.807) is 24.3 Å². The summed E-state index contributed by atoms with van der Waals surface area (Å²) in [6.45, 7) is 1.92. The number of carbonyl (C=O) groups excluding carboxylic acids is 1. The Morgan fingerprint density at radius 2 is 1.57 bits per heavy atom. The number of esters is 1. The molecule has 23 heavy (non-hydrogen) atoms. The summed E-state index contributed by atoms with van der Waals surface area (Å²) < 4.78 is 22.1. The molecule has 6 heteroatoms. The molecule has 0 atom stereocenters. The summed E-state index contributed by atoms with van der Waals surface area (Å²) in [5, 5.41) is 0. The Hall–Kier alpha value is -2.21. The zero-order valence-corrected chi connectivity index (χ0v) is 14.9. The van der Waals surface area contributed by atoms with E-state index < -0.39 is 5.97 Å². The summed E-state index contributed by atoms with van der Waals surface area (Å²) in [6, 6.07) is 8.42. The third kappa shape index (κ3) is 3.76. The molecule has 0 bridgehead atoms. The zero-order valence-electron chi connectivity index (χ0n) is 13.3. The van der Waals surface area contributed by atoms with Crippen molar-refractivity contribution in [3.63, 3.8) is 0 Å². The third-order valence-corrected chi connectivity index (χ3v) is 4.13. The van der Waals surface area contributed by atoms with E-state index in [-0.39, 0.29) is 0 Å². The molecule has 5 nitrogen and oxygen atoms in total. The average molecular weight is 381 g/mol. The van der Waals surface area contributed by atoms with Gasteiger partial charge in [-0.15, -0.1) is 0 Å². The Bertz CT molecular complexity index is 702. The first kappa shape index (κ1) is 17.1. The number of aryl methyl sites for hydroxylation is 1. The second-order valence-corrected chi connectivity index (χ2v) is 5.57. The molecule has 0 N–H and O–H groups in total. The van der Waals surface area contributed by atoms with Crippen LogP contribution in [-0.4, -0.2) is 27.3 Å². The van der Waals surface area contributed by atoms with Gasteiger partial charge in [-0.2, -0.15) is 0 Å². The van der Waals surface area contributed by atoms with E-state index in [0.29, 0.717) is 28.6 Å². The van der Waals surface area contributed by atoms with Crippen molar-refractivity contribution in [1.82, 2.24) is 0 Å². The lowest BCUT2D eigenvalue weighted by Crippen LogP contribution is -2.09. The number of methoxy groups -OCH3 is 3. The van der Waals surface area contributed by atoms with E-state index in [1.807, 2.05) is 13.0 Å². The van der Waals surface area contributed by atoms with Crippen LogP contribution in [0.15, 0.2) is 34.8 Å². The molecule has 0 spiro atoms. The van der Waals surface area contributed by atoms with Crippen LogP contribution in [0.25, 0.3) is 0 Å². The van der Waals surface area contributed by atoms with E-state index in [2.05, 4.69) is 15.9 Å². The van der Waals surface area contributed by atoms with Gasteiger partial charge in [0.15, 0.2) is 11.5 Å².